The van der Waals surface area contributed by atoms with Crippen molar-refractivity contribution >= 4 is 11.6 Å². The average Bonchev–Trinajstić information content (AvgIpc) is 3.01. The number of anilines is 1. The van der Waals surface area contributed by atoms with Crippen molar-refractivity contribution in [3.63, 3.8) is 0 Å². The Morgan fingerprint density at radius 1 is 1.17 bits per heavy atom. The number of imidazole rings is 1. The van der Waals surface area contributed by atoms with Gasteiger partial charge < -0.3 is 10.1 Å². The van der Waals surface area contributed by atoms with Gasteiger partial charge in [0, 0.05) is 24.0 Å². The predicted molar refractivity (Wildman–Crippen MR) is 95.5 cm³/mol. The van der Waals surface area contributed by atoms with Gasteiger partial charge in [-0.05, 0) is 31.0 Å². The number of hydrogen-bond donors (Lipinski definition) is 1. The average molecular weight is 322 g/mol. The number of aromatic nitrogens is 3. The summed E-state index contributed by atoms with van der Waals surface area (Å²) in [5, 5.41) is 3.73. The molecular formula is C19H22N4O. The van der Waals surface area contributed by atoms with Gasteiger partial charge in [0.15, 0.2) is 0 Å². The van der Waals surface area contributed by atoms with E-state index in [1.807, 2.05) is 34.9 Å². The van der Waals surface area contributed by atoms with Gasteiger partial charge in [-0.25, -0.2) is 9.97 Å². The monoisotopic (exact) mass is 322 g/mol. The minimum Gasteiger partial charge on any atom is -0.497 e. The summed E-state index contributed by atoms with van der Waals surface area (Å²) in [7, 11) is 1.69. The van der Waals surface area contributed by atoms with E-state index in [-0.39, 0.29) is 0 Å². The van der Waals surface area contributed by atoms with Crippen LogP contribution < -0.4 is 10.1 Å². The molecule has 2 heterocycles. The van der Waals surface area contributed by atoms with E-state index in [1.54, 1.807) is 13.3 Å². The summed E-state index contributed by atoms with van der Waals surface area (Å²) in [4.78, 5) is 9.16. The fourth-order valence-corrected chi connectivity index (χ4v) is 3.44. The maximum atomic E-state index is 5.37. The van der Waals surface area contributed by atoms with Gasteiger partial charge in [-0.2, -0.15) is 0 Å². The number of rotatable bonds is 4. The lowest BCUT2D eigenvalue weighted by Crippen LogP contribution is -2.23. The zero-order valence-corrected chi connectivity index (χ0v) is 13.9. The van der Waals surface area contributed by atoms with E-state index in [9.17, 15) is 0 Å². The molecule has 1 aliphatic rings. The predicted octanol–water partition coefficient (Wildman–Crippen LogP) is 4.15. The molecule has 3 aromatic rings. The fourth-order valence-electron chi connectivity index (χ4n) is 3.44. The van der Waals surface area contributed by atoms with Crippen molar-refractivity contribution in [3.8, 4) is 17.0 Å². The number of hydrogen-bond acceptors (Lipinski definition) is 4. The van der Waals surface area contributed by atoms with Gasteiger partial charge in [0.2, 0.25) is 5.78 Å². The van der Waals surface area contributed by atoms with E-state index in [1.165, 1.54) is 32.1 Å². The van der Waals surface area contributed by atoms with Crippen molar-refractivity contribution in [1.82, 2.24) is 14.4 Å². The third kappa shape index (κ3) is 2.82. The molecule has 5 nitrogen and oxygen atoms in total. The highest BCUT2D eigenvalue weighted by atomic mass is 16.5. The lowest BCUT2D eigenvalue weighted by atomic mass is 9.95. The second-order valence-electron chi connectivity index (χ2n) is 6.31. The molecule has 24 heavy (non-hydrogen) atoms. The zero-order valence-electron chi connectivity index (χ0n) is 13.9. The van der Waals surface area contributed by atoms with E-state index < -0.39 is 0 Å². The van der Waals surface area contributed by atoms with Crippen LogP contribution >= 0.6 is 0 Å². The van der Waals surface area contributed by atoms with E-state index in [4.69, 9.17) is 9.72 Å². The van der Waals surface area contributed by atoms with Crippen LogP contribution in [0.2, 0.25) is 0 Å². The SMILES string of the molecule is COc1cccc(-c2nc3ncccn3c2NC2CCCCC2)c1. The summed E-state index contributed by atoms with van der Waals surface area (Å²) in [6.45, 7) is 0. The van der Waals surface area contributed by atoms with Crippen molar-refractivity contribution in [2.45, 2.75) is 38.1 Å². The van der Waals surface area contributed by atoms with Crippen molar-refractivity contribution in [2.75, 3.05) is 12.4 Å². The number of fused-ring (bicyclic) bond motifs is 1. The summed E-state index contributed by atoms with van der Waals surface area (Å²) >= 11 is 0. The molecule has 0 radical (unpaired) electrons. The van der Waals surface area contributed by atoms with Crippen molar-refractivity contribution in [2.24, 2.45) is 0 Å². The number of ether oxygens (including phenoxy) is 1. The third-order valence-electron chi connectivity index (χ3n) is 4.69. The topological polar surface area (TPSA) is 51.5 Å². The summed E-state index contributed by atoms with van der Waals surface area (Å²) in [6.07, 6.45) is 10.2. The molecule has 0 amide bonds. The molecule has 1 fully saturated rings. The van der Waals surface area contributed by atoms with Crippen LogP contribution in [0.4, 0.5) is 5.82 Å². The van der Waals surface area contributed by atoms with Gasteiger partial charge >= 0.3 is 0 Å². The Bertz CT molecular complexity index is 836. The first-order valence-electron chi connectivity index (χ1n) is 8.59. The first kappa shape index (κ1) is 15.0. The van der Waals surface area contributed by atoms with Crippen LogP contribution in [0.1, 0.15) is 32.1 Å². The largest absolute Gasteiger partial charge is 0.497 e. The number of methoxy groups -OCH3 is 1. The van der Waals surface area contributed by atoms with Crippen LogP contribution in [0.15, 0.2) is 42.7 Å². The van der Waals surface area contributed by atoms with Gasteiger partial charge in [-0.1, -0.05) is 31.4 Å². The van der Waals surface area contributed by atoms with Crippen LogP contribution in [0, 0.1) is 0 Å². The molecule has 0 spiro atoms. The minimum absolute atomic E-state index is 0.503. The number of benzene rings is 1. The van der Waals surface area contributed by atoms with Gasteiger partial charge in [-0.15, -0.1) is 0 Å². The van der Waals surface area contributed by atoms with E-state index in [0.29, 0.717) is 11.8 Å². The molecule has 0 bridgehead atoms. The van der Waals surface area contributed by atoms with Crippen LogP contribution in [-0.2, 0) is 0 Å². The maximum absolute atomic E-state index is 5.37. The molecule has 2 aromatic heterocycles. The highest BCUT2D eigenvalue weighted by Gasteiger charge is 2.20. The highest BCUT2D eigenvalue weighted by Crippen LogP contribution is 2.32. The molecule has 5 heteroatoms. The van der Waals surface area contributed by atoms with Crippen LogP contribution in [0.3, 0.4) is 0 Å². The molecular weight excluding hydrogens is 300 g/mol. The van der Waals surface area contributed by atoms with E-state index in [0.717, 1.165) is 22.8 Å². The van der Waals surface area contributed by atoms with Crippen molar-refractivity contribution < 1.29 is 4.74 Å². The van der Waals surface area contributed by atoms with Crippen LogP contribution in [0.5, 0.6) is 5.75 Å². The van der Waals surface area contributed by atoms with Gasteiger partial charge in [0.1, 0.15) is 17.3 Å². The molecule has 1 saturated carbocycles. The van der Waals surface area contributed by atoms with Gasteiger partial charge in [-0.3, -0.25) is 4.40 Å². The molecule has 0 unspecified atom stereocenters. The molecule has 0 atom stereocenters. The molecule has 1 aromatic carbocycles. The molecule has 1 aliphatic carbocycles. The Kier molecular flexibility index (Phi) is 4.07. The fraction of sp³-hybridized carbons (Fsp3) is 0.368. The Hall–Kier alpha value is -2.56. The lowest BCUT2D eigenvalue weighted by molar-refractivity contribution is 0.415. The molecule has 124 valence electrons. The highest BCUT2D eigenvalue weighted by molar-refractivity contribution is 5.76. The quantitative estimate of drug-likeness (QED) is 0.784. The normalized spacial score (nSPS) is 15.5. The van der Waals surface area contributed by atoms with Crippen LogP contribution in [0.25, 0.3) is 17.0 Å². The second-order valence-corrected chi connectivity index (χ2v) is 6.31. The minimum atomic E-state index is 0.503. The molecule has 0 saturated heterocycles. The summed E-state index contributed by atoms with van der Waals surface area (Å²) < 4.78 is 7.41. The first-order chi connectivity index (χ1) is 11.8. The van der Waals surface area contributed by atoms with Gasteiger partial charge in [0.25, 0.3) is 0 Å². The summed E-state index contributed by atoms with van der Waals surface area (Å²) in [5.74, 6) is 2.58. The summed E-state index contributed by atoms with van der Waals surface area (Å²) in [5.41, 5.74) is 1.97. The van der Waals surface area contributed by atoms with Crippen molar-refractivity contribution in [1.29, 1.82) is 0 Å². The Morgan fingerprint density at radius 2 is 2.04 bits per heavy atom. The third-order valence-corrected chi connectivity index (χ3v) is 4.69. The Balaban J connectivity index is 1.79. The van der Waals surface area contributed by atoms with E-state index in [2.05, 4.69) is 16.4 Å². The lowest BCUT2D eigenvalue weighted by Gasteiger charge is -2.24. The van der Waals surface area contributed by atoms with Gasteiger partial charge in [0.05, 0.1) is 7.11 Å². The molecule has 4 rings (SSSR count). The Morgan fingerprint density at radius 3 is 2.88 bits per heavy atom. The summed E-state index contributed by atoms with van der Waals surface area (Å²) in [6, 6.07) is 10.5. The van der Waals surface area contributed by atoms with Crippen LogP contribution in [-0.4, -0.2) is 27.5 Å². The number of nitrogens with zero attached hydrogens (tertiary/aromatic N) is 3. The first-order valence-corrected chi connectivity index (χ1v) is 8.59. The zero-order chi connectivity index (χ0) is 16.4. The van der Waals surface area contributed by atoms with E-state index >= 15 is 0 Å². The number of nitrogens with one attached hydrogen (secondary N) is 1. The second kappa shape index (κ2) is 6.51. The Labute approximate surface area is 141 Å². The smallest absolute Gasteiger partial charge is 0.235 e. The molecule has 1 N–H and O–H groups in total. The maximum Gasteiger partial charge on any atom is 0.235 e. The molecule has 0 aliphatic heterocycles. The standard InChI is InChI=1S/C19H22N4O/c1-24-16-10-5-7-14(13-16)17-18(21-15-8-3-2-4-9-15)23-12-6-11-20-19(23)22-17/h5-7,10-13,15,21H,2-4,8-9H2,1H3. The van der Waals surface area contributed by atoms with Crippen molar-refractivity contribution in [3.05, 3.63) is 42.7 Å².